The number of sulfone groups is 1. The number of hydrogen-bond acceptors (Lipinski definition) is 5. The molecule has 1 N–H and O–H groups in total. The third-order valence-corrected chi connectivity index (χ3v) is 7.64. The summed E-state index contributed by atoms with van der Waals surface area (Å²) in [5.41, 5.74) is 2.19. The number of carboxylic acids is 1. The summed E-state index contributed by atoms with van der Waals surface area (Å²) >= 11 is 0. The van der Waals surface area contributed by atoms with Crippen LogP contribution in [0.15, 0.2) is 42.5 Å². The summed E-state index contributed by atoms with van der Waals surface area (Å²) < 4.78 is 36.4. The van der Waals surface area contributed by atoms with E-state index in [1.807, 2.05) is 6.92 Å². The van der Waals surface area contributed by atoms with Gasteiger partial charge in [0.25, 0.3) is 0 Å². The van der Waals surface area contributed by atoms with E-state index < -0.39 is 20.6 Å². The Labute approximate surface area is 183 Å². The highest BCUT2D eigenvalue weighted by molar-refractivity contribution is 7.92. The average Bonchev–Trinajstić information content (AvgIpc) is 2.92. The molecule has 164 valence electrons. The number of carbonyl (C=O) groups is 1. The first kappa shape index (κ1) is 22.9. The first-order valence-corrected chi connectivity index (χ1v) is 11.8. The van der Waals surface area contributed by atoms with Gasteiger partial charge in [-0.15, -0.1) is 0 Å². The molecule has 31 heavy (non-hydrogen) atoms. The molecule has 0 aromatic heterocycles. The van der Waals surface area contributed by atoms with Crippen LogP contribution in [0, 0.1) is 11.8 Å². The third-order valence-electron chi connectivity index (χ3n) is 5.36. The van der Waals surface area contributed by atoms with Gasteiger partial charge in [0, 0.05) is 23.3 Å². The second-order valence-corrected chi connectivity index (χ2v) is 10.0. The van der Waals surface area contributed by atoms with Crippen LogP contribution < -0.4 is 4.74 Å². The topological polar surface area (TPSA) is 89.9 Å². The van der Waals surface area contributed by atoms with Gasteiger partial charge >= 0.3 is 5.97 Å². The second-order valence-electron chi connectivity index (χ2n) is 7.67. The van der Waals surface area contributed by atoms with Gasteiger partial charge in [-0.05, 0) is 62.6 Å². The van der Waals surface area contributed by atoms with E-state index in [4.69, 9.17) is 14.6 Å². The molecule has 1 atom stereocenters. The van der Waals surface area contributed by atoms with E-state index in [2.05, 4.69) is 11.8 Å². The van der Waals surface area contributed by atoms with Gasteiger partial charge in [0.1, 0.15) is 16.4 Å². The highest BCUT2D eigenvalue weighted by atomic mass is 32.2. The van der Waals surface area contributed by atoms with E-state index in [1.165, 1.54) is 12.1 Å². The van der Waals surface area contributed by atoms with Gasteiger partial charge in [-0.25, -0.2) is 13.2 Å². The van der Waals surface area contributed by atoms with Crippen LogP contribution in [0.25, 0.3) is 0 Å². The maximum Gasteiger partial charge on any atom is 0.335 e. The Bertz CT molecular complexity index is 1110. The zero-order valence-electron chi connectivity index (χ0n) is 17.7. The molecule has 1 unspecified atom stereocenters. The minimum absolute atomic E-state index is 0.201. The molecule has 0 bridgehead atoms. The molecule has 0 amide bonds. The van der Waals surface area contributed by atoms with Crippen molar-refractivity contribution in [1.29, 1.82) is 0 Å². The van der Waals surface area contributed by atoms with Crippen LogP contribution in [-0.4, -0.2) is 38.6 Å². The number of benzene rings is 2. The maximum atomic E-state index is 13.1. The number of fused-ring (bicyclic) bond motifs is 1. The molecule has 2 aromatic carbocycles. The van der Waals surface area contributed by atoms with Gasteiger partial charge < -0.3 is 14.6 Å². The van der Waals surface area contributed by atoms with Crippen molar-refractivity contribution in [1.82, 2.24) is 0 Å². The fourth-order valence-corrected chi connectivity index (χ4v) is 5.05. The van der Waals surface area contributed by atoms with E-state index in [-0.39, 0.29) is 11.5 Å². The number of hydrogen-bond donors (Lipinski definition) is 1. The highest BCUT2D eigenvalue weighted by Gasteiger charge is 2.43. The molecule has 7 heteroatoms. The summed E-state index contributed by atoms with van der Waals surface area (Å²) in [7, 11) is -3.56. The van der Waals surface area contributed by atoms with Crippen LogP contribution in [0.5, 0.6) is 5.75 Å². The molecule has 0 fully saturated rings. The summed E-state index contributed by atoms with van der Waals surface area (Å²) in [6.45, 7) is 4.51. The van der Waals surface area contributed by atoms with Crippen LogP contribution in [0.4, 0.5) is 0 Å². The molecule has 3 rings (SSSR count). The van der Waals surface area contributed by atoms with E-state index in [1.54, 1.807) is 37.3 Å². The fraction of sp³-hybridized carbons (Fsp3) is 0.375. The van der Waals surface area contributed by atoms with Crippen LogP contribution in [0.3, 0.4) is 0 Å². The summed E-state index contributed by atoms with van der Waals surface area (Å²) in [6, 6.07) is 11.6. The minimum atomic E-state index is -3.56. The van der Waals surface area contributed by atoms with Crippen molar-refractivity contribution in [3.63, 3.8) is 0 Å². The van der Waals surface area contributed by atoms with Crippen LogP contribution in [0.1, 0.15) is 60.2 Å². The van der Waals surface area contributed by atoms with Crippen molar-refractivity contribution in [2.45, 2.75) is 37.9 Å². The lowest BCUT2D eigenvalue weighted by Gasteiger charge is -2.29. The second kappa shape index (κ2) is 9.54. The lowest BCUT2D eigenvalue weighted by molar-refractivity contribution is 0.0697. The molecular weight excluding hydrogens is 416 g/mol. The zero-order chi connectivity index (χ0) is 22.5. The smallest absolute Gasteiger partial charge is 0.335 e. The van der Waals surface area contributed by atoms with Crippen LogP contribution >= 0.6 is 0 Å². The SMILES string of the molecule is CCCOCS(=O)(=O)C1(C)CCCOc2cc(C#Cc3ccc(C(=O)O)cc3)ccc21. The Hall–Kier alpha value is -2.82. The van der Waals surface area contributed by atoms with Gasteiger partial charge in [-0.3, -0.25) is 0 Å². The third kappa shape index (κ3) is 5.09. The Balaban J connectivity index is 1.90. The van der Waals surface area contributed by atoms with E-state index in [0.717, 1.165) is 6.42 Å². The average molecular weight is 443 g/mol. The summed E-state index contributed by atoms with van der Waals surface area (Å²) in [6.07, 6.45) is 1.83. The van der Waals surface area contributed by atoms with Crippen molar-refractivity contribution < 1.29 is 27.8 Å². The van der Waals surface area contributed by atoms with Crippen LogP contribution in [0.2, 0.25) is 0 Å². The molecular formula is C24H26O6S. The number of rotatable bonds is 6. The number of carboxylic acid groups (broad SMARTS) is 1. The first-order chi connectivity index (χ1) is 14.8. The van der Waals surface area contributed by atoms with E-state index >= 15 is 0 Å². The quantitative estimate of drug-likeness (QED) is 0.538. The molecule has 0 spiro atoms. The first-order valence-electron chi connectivity index (χ1n) is 10.2. The normalized spacial score (nSPS) is 18.1. The molecule has 1 aliphatic rings. The van der Waals surface area contributed by atoms with Gasteiger partial charge in [-0.2, -0.15) is 0 Å². The van der Waals surface area contributed by atoms with Gasteiger partial charge in [-0.1, -0.05) is 24.8 Å². The predicted molar refractivity (Wildman–Crippen MR) is 118 cm³/mol. The van der Waals surface area contributed by atoms with Gasteiger partial charge in [0.15, 0.2) is 9.84 Å². The fourth-order valence-electron chi connectivity index (χ4n) is 3.49. The zero-order valence-corrected chi connectivity index (χ0v) is 18.5. The molecule has 0 aliphatic carbocycles. The predicted octanol–water partition coefficient (Wildman–Crippen LogP) is 3.97. The van der Waals surface area contributed by atoms with Crippen molar-refractivity contribution >= 4 is 15.8 Å². The Morgan fingerprint density at radius 3 is 2.52 bits per heavy atom. The molecule has 1 aliphatic heterocycles. The van der Waals surface area contributed by atoms with Crippen molar-refractivity contribution in [2.75, 3.05) is 19.2 Å². The van der Waals surface area contributed by atoms with E-state index in [0.29, 0.717) is 48.5 Å². The van der Waals surface area contributed by atoms with Crippen molar-refractivity contribution in [3.05, 3.63) is 64.7 Å². The Kier molecular flexibility index (Phi) is 7.04. The van der Waals surface area contributed by atoms with Crippen molar-refractivity contribution in [2.24, 2.45) is 0 Å². The maximum absolute atomic E-state index is 13.1. The Morgan fingerprint density at radius 1 is 1.16 bits per heavy atom. The molecule has 0 saturated carbocycles. The van der Waals surface area contributed by atoms with Gasteiger partial charge in [0.05, 0.1) is 12.2 Å². The van der Waals surface area contributed by atoms with Crippen LogP contribution in [-0.2, 0) is 19.3 Å². The lowest BCUT2D eigenvalue weighted by Crippen LogP contribution is -2.35. The lowest BCUT2D eigenvalue weighted by atomic mass is 9.94. The van der Waals surface area contributed by atoms with Crippen molar-refractivity contribution in [3.8, 4) is 17.6 Å². The summed E-state index contributed by atoms with van der Waals surface area (Å²) in [4.78, 5) is 11.0. The minimum Gasteiger partial charge on any atom is -0.493 e. The molecule has 2 aromatic rings. The Morgan fingerprint density at radius 2 is 1.84 bits per heavy atom. The largest absolute Gasteiger partial charge is 0.493 e. The summed E-state index contributed by atoms with van der Waals surface area (Å²) in [5, 5.41) is 8.98. The van der Waals surface area contributed by atoms with E-state index in [9.17, 15) is 13.2 Å². The molecule has 0 saturated heterocycles. The molecule has 1 heterocycles. The molecule has 0 radical (unpaired) electrons. The summed E-state index contributed by atoms with van der Waals surface area (Å²) in [5.74, 6) is 5.25. The number of ether oxygens (including phenoxy) is 2. The monoisotopic (exact) mass is 442 g/mol. The number of aromatic carboxylic acids is 1. The van der Waals surface area contributed by atoms with Gasteiger partial charge in [0.2, 0.25) is 0 Å². The molecule has 6 nitrogen and oxygen atoms in total. The highest BCUT2D eigenvalue weighted by Crippen LogP contribution is 2.43. The standard InChI is InChI=1S/C24H26O6S/c1-3-14-29-17-31(27,28)24(2)13-4-15-30-22-16-19(9-12-21(22)24)6-5-18-7-10-20(11-8-18)23(25)26/h7-12,16H,3-4,13-15,17H2,1-2H3,(H,25,26).